The molecule has 0 unspecified atom stereocenters. The first-order valence-electron chi connectivity index (χ1n) is 6.28. The zero-order chi connectivity index (χ0) is 14.5. The van der Waals surface area contributed by atoms with Crippen LogP contribution in [0.1, 0.15) is 5.56 Å². The lowest BCUT2D eigenvalue weighted by atomic mass is 10.2. The molecular formula is C16H18N2O2. The van der Waals surface area contributed by atoms with Crippen LogP contribution < -0.4 is 9.64 Å². The van der Waals surface area contributed by atoms with Crippen molar-refractivity contribution in [3.63, 3.8) is 0 Å². The lowest BCUT2D eigenvalue weighted by Crippen LogP contribution is -2.07. The number of rotatable bonds is 4. The maximum absolute atomic E-state index is 9.77. The number of ether oxygens (including phenoxy) is 1. The molecule has 0 saturated heterocycles. The number of methoxy groups -OCH3 is 1. The summed E-state index contributed by atoms with van der Waals surface area (Å²) in [5, 5.41) is 9.77. The van der Waals surface area contributed by atoms with Crippen molar-refractivity contribution in [2.24, 2.45) is 4.99 Å². The fourth-order valence-corrected chi connectivity index (χ4v) is 1.74. The van der Waals surface area contributed by atoms with Crippen LogP contribution in [0.3, 0.4) is 0 Å². The minimum absolute atomic E-state index is 0.180. The number of phenols is 1. The summed E-state index contributed by atoms with van der Waals surface area (Å²) in [6.07, 6.45) is 1.63. The highest BCUT2D eigenvalue weighted by atomic mass is 16.5. The Labute approximate surface area is 119 Å². The van der Waals surface area contributed by atoms with Crippen LogP contribution in [0.15, 0.2) is 47.5 Å². The van der Waals surface area contributed by atoms with Gasteiger partial charge >= 0.3 is 0 Å². The number of hydrogen-bond donors (Lipinski definition) is 1. The van der Waals surface area contributed by atoms with E-state index in [-0.39, 0.29) is 5.75 Å². The highest BCUT2D eigenvalue weighted by Crippen LogP contribution is 2.23. The molecule has 2 aromatic carbocycles. The molecule has 0 aliphatic rings. The maximum atomic E-state index is 9.77. The Kier molecular flexibility index (Phi) is 4.25. The van der Waals surface area contributed by atoms with Crippen LogP contribution in [0.5, 0.6) is 11.5 Å². The van der Waals surface area contributed by atoms with Crippen molar-refractivity contribution < 1.29 is 9.84 Å². The average Bonchev–Trinajstić information content (AvgIpc) is 2.47. The van der Waals surface area contributed by atoms with Gasteiger partial charge in [-0.3, -0.25) is 4.99 Å². The summed E-state index contributed by atoms with van der Waals surface area (Å²) in [5.41, 5.74) is 2.58. The van der Waals surface area contributed by atoms with E-state index in [1.54, 1.807) is 31.5 Å². The molecule has 2 rings (SSSR count). The van der Waals surface area contributed by atoms with Gasteiger partial charge in [-0.25, -0.2) is 0 Å². The van der Waals surface area contributed by atoms with E-state index in [1.807, 2.05) is 43.3 Å². The third-order valence-corrected chi connectivity index (χ3v) is 2.95. The maximum Gasteiger partial charge on any atom is 0.124 e. The fourth-order valence-electron chi connectivity index (χ4n) is 1.74. The molecule has 0 heterocycles. The van der Waals surface area contributed by atoms with Crippen molar-refractivity contribution in [2.75, 3.05) is 26.1 Å². The summed E-state index contributed by atoms with van der Waals surface area (Å²) >= 11 is 0. The highest BCUT2D eigenvalue weighted by molar-refractivity contribution is 5.86. The number of nitrogens with zero attached hydrogens (tertiary/aromatic N) is 2. The number of aliphatic imine (C=N–C) groups is 1. The molecule has 0 bridgehead atoms. The molecule has 0 atom stereocenters. The van der Waals surface area contributed by atoms with E-state index in [2.05, 4.69) is 4.99 Å². The van der Waals surface area contributed by atoms with E-state index in [0.29, 0.717) is 11.3 Å². The topological polar surface area (TPSA) is 45.1 Å². The number of aromatic hydroxyl groups is 1. The Balaban J connectivity index is 2.20. The second-order valence-corrected chi connectivity index (χ2v) is 4.59. The fraction of sp³-hybridized carbons (Fsp3) is 0.188. The zero-order valence-electron chi connectivity index (χ0n) is 11.9. The van der Waals surface area contributed by atoms with Crippen molar-refractivity contribution in [3.8, 4) is 11.5 Å². The largest absolute Gasteiger partial charge is 0.507 e. The van der Waals surface area contributed by atoms with E-state index in [4.69, 9.17) is 4.74 Å². The van der Waals surface area contributed by atoms with E-state index in [0.717, 1.165) is 11.4 Å². The Morgan fingerprint density at radius 2 is 1.80 bits per heavy atom. The molecule has 20 heavy (non-hydrogen) atoms. The minimum Gasteiger partial charge on any atom is -0.507 e. The number of phenolic OH excluding ortho intramolecular Hbond substituents is 1. The molecule has 0 radical (unpaired) electrons. The van der Waals surface area contributed by atoms with Crippen LogP contribution in [-0.2, 0) is 0 Å². The normalized spacial score (nSPS) is 10.8. The van der Waals surface area contributed by atoms with Crippen molar-refractivity contribution in [1.82, 2.24) is 0 Å². The first-order valence-corrected chi connectivity index (χ1v) is 6.28. The Bertz CT molecular complexity index is 604. The Hall–Kier alpha value is -2.49. The van der Waals surface area contributed by atoms with Gasteiger partial charge in [0.2, 0.25) is 0 Å². The van der Waals surface area contributed by atoms with Crippen LogP contribution >= 0.6 is 0 Å². The van der Waals surface area contributed by atoms with Gasteiger partial charge in [-0.15, -0.1) is 0 Å². The van der Waals surface area contributed by atoms with Crippen LogP contribution in [0.2, 0.25) is 0 Å². The smallest absolute Gasteiger partial charge is 0.124 e. The van der Waals surface area contributed by atoms with Crippen molar-refractivity contribution in [1.29, 1.82) is 0 Å². The van der Waals surface area contributed by atoms with Gasteiger partial charge in [0.1, 0.15) is 11.5 Å². The molecular weight excluding hydrogens is 252 g/mol. The molecule has 0 aliphatic carbocycles. The Morgan fingerprint density at radius 3 is 2.40 bits per heavy atom. The molecule has 0 saturated carbocycles. The van der Waals surface area contributed by atoms with E-state index < -0.39 is 0 Å². The van der Waals surface area contributed by atoms with Gasteiger partial charge in [-0.05, 0) is 42.5 Å². The summed E-state index contributed by atoms with van der Waals surface area (Å²) in [7, 11) is 5.58. The molecule has 104 valence electrons. The zero-order valence-corrected chi connectivity index (χ0v) is 11.9. The summed E-state index contributed by atoms with van der Waals surface area (Å²) in [5.74, 6) is 0.867. The average molecular weight is 270 g/mol. The van der Waals surface area contributed by atoms with Crippen LogP contribution in [0, 0.1) is 0 Å². The van der Waals surface area contributed by atoms with Gasteiger partial charge < -0.3 is 14.7 Å². The molecule has 4 nitrogen and oxygen atoms in total. The number of benzene rings is 2. The minimum atomic E-state index is 0.180. The third-order valence-electron chi connectivity index (χ3n) is 2.95. The van der Waals surface area contributed by atoms with Gasteiger partial charge in [0.25, 0.3) is 0 Å². The quantitative estimate of drug-likeness (QED) is 0.868. The number of anilines is 1. The second kappa shape index (κ2) is 6.10. The summed E-state index contributed by atoms with van der Waals surface area (Å²) < 4.78 is 5.13. The van der Waals surface area contributed by atoms with Crippen LogP contribution in [0.4, 0.5) is 11.4 Å². The lowest BCUT2D eigenvalue weighted by Gasteiger charge is -2.11. The van der Waals surface area contributed by atoms with Crippen molar-refractivity contribution in [2.45, 2.75) is 0 Å². The molecule has 1 N–H and O–H groups in total. The molecule has 0 fully saturated rings. The molecule has 4 heteroatoms. The predicted molar refractivity (Wildman–Crippen MR) is 82.7 cm³/mol. The molecule has 0 spiro atoms. The van der Waals surface area contributed by atoms with Gasteiger partial charge in [0.15, 0.2) is 0 Å². The lowest BCUT2D eigenvalue weighted by molar-refractivity contribution is 0.412. The molecule has 0 aliphatic heterocycles. The summed E-state index contributed by atoms with van der Waals surface area (Å²) in [6.45, 7) is 0. The monoisotopic (exact) mass is 270 g/mol. The Morgan fingerprint density at radius 1 is 1.10 bits per heavy atom. The summed E-state index contributed by atoms with van der Waals surface area (Å²) in [4.78, 5) is 6.38. The second-order valence-electron chi connectivity index (χ2n) is 4.59. The van der Waals surface area contributed by atoms with E-state index in [9.17, 15) is 5.11 Å². The molecule has 0 aromatic heterocycles. The van der Waals surface area contributed by atoms with E-state index >= 15 is 0 Å². The van der Waals surface area contributed by atoms with E-state index in [1.165, 1.54) is 0 Å². The van der Waals surface area contributed by atoms with Crippen molar-refractivity contribution in [3.05, 3.63) is 48.0 Å². The standard InChI is InChI=1S/C16H18N2O2/c1-18(2)14-6-4-13(5-7-14)17-11-12-10-15(20-3)8-9-16(12)19/h4-11,19H,1-3H3. The van der Waals surface area contributed by atoms with Gasteiger partial charge in [-0.2, -0.15) is 0 Å². The number of hydrogen-bond acceptors (Lipinski definition) is 4. The summed E-state index contributed by atoms with van der Waals surface area (Å²) in [6, 6.07) is 12.9. The highest BCUT2D eigenvalue weighted by Gasteiger charge is 2.00. The van der Waals surface area contributed by atoms with Crippen LogP contribution in [-0.4, -0.2) is 32.5 Å². The van der Waals surface area contributed by atoms with Gasteiger partial charge in [-0.1, -0.05) is 0 Å². The first kappa shape index (κ1) is 13.9. The SMILES string of the molecule is COc1ccc(O)c(C=Nc2ccc(N(C)C)cc2)c1. The molecule has 2 aromatic rings. The predicted octanol–water partition coefficient (Wildman–Crippen LogP) is 3.22. The van der Waals surface area contributed by atoms with Gasteiger partial charge in [0.05, 0.1) is 12.8 Å². The first-order chi connectivity index (χ1) is 9.60. The van der Waals surface area contributed by atoms with Crippen LogP contribution in [0.25, 0.3) is 0 Å². The van der Waals surface area contributed by atoms with Gasteiger partial charge in [0, 0.05) is 31.6 Å². The third kappa shape index (κ3) is 3.29. The molecule has 0 amide bonds. The van der Waals surface area contributed by atoms with Crippen molar-refractivity contribution >= 4 is 17.6 Å².